The van der Waals surface area contributed by atoms with E-state index in [1.54, 1.807) is 11.3 Å². The van der Waals surface area contributed by atoms with Crippen LogP contribution in [-0.2, 0) is 11.3 Å². The summed E-state index contributed by atoms with van der Waals surface area (Å²) in [6, 6.07) is -0.316. The Morgan fingerprint density at radius 3 is 2.75 bits per heavy atom. The number of carbonyl (C=O) groups is 1. The minimum absolute atomic E-state index is 0.309. The topological polar surface area (TPSA) is 80.5 Å². The van der Waals surface area contributed by atoms with E-state index in [2.05, 4.69) is 15.2 Å². The molecule has 0 saturated heterocycles. The lowest BCUT2D eigenvalue weighted by Crippen LogP contribution is -2.36. The predicted octanol–water partition coefficient (Wildman–Crippen LogP) is 1.73. The molecule has 0 aromatic carbocycles. The zero-order chi connectivity index (χ0) is 15.3. The van der Waals surface area contributed by atoms with Crippen LogP contribution in [0.2, 0.25) is 0 Å². The number of carbonyl (C=O) groups excluding carboxylic acids is 1. The summed E-state index contributed by atoms with van der Waals surface area (Å²) >= 11 is 1.56. The Bertz CT molecular complexity index is 440. The highest BCUT2D eigenvalue weighted by Gasteiger charge is 2.18. The number of hydrogen-bond acceptors (Lipinski definition) is 6. The third kappa shape index (κ3) is 6.31. The number of amides is 1. The van der Waals surface area contributed by atoms with Crippen molar-refractivity contribution in [3.8, 4) is 0 Å². The first-order valence-corrected chi connectivity index (χ1v) is 7.31. The average Bonchev–Trinajstić information content (AvgIpc) is 2.71. The van der Waals surface area contributed by atoms with E-state index in [-0.39, 0.29) is 6.04 Å². The second-order valence-electron chi connectivity index (χ2n) is 5.89. The molecule has 1 unspecified atom stereocenters. The summed E-state index contributed by atoms with van der Waals surface area (Å²) in [5.74, 6) is 0. The Morgan fingerprint density at radius 2 is 2.20 bits per heavy atom. The molecule has 0 aliphatic rings. The van der Waals surface area contributed by atoms with E-state index >= 15 is 0 Å². The van der Waals surface area contributed by atoms with Crippen molar-refractivity contribution in [2.45, 2.75) is 39.0 Å². The summed E-state index contributed by atoms with van der Waals surface area (Å²) in [6.45, 7) is 6.61. The molecular formula is C13H24N4O2S. The SMILES string of the molecule is CN(C)Cc1cnc(C(N)CNC(=O)OC(C)(C)C)s1. The number of aromatic nitrogens is 1. The lowest BCUT2D eigenvalue weighted by atomic mass is 10.2. The number of thiazole rings is 1. The zero-order valence-corrected chi connectivity index (χ0v) is 13.6. The molecule has 1 heterocycles. The van der Waals surface area contributed by atoms with Gasteiger partial charge < -0.3 is 20.7 Å². The second kappa shape index (κ2) is 7.01. The molecule has 0 spiro atoms. The van der Waals surface area contributed by atoms with Crippen molar-refractivity contribution in [1.29, 1.82) is 0 Å². The van der Waals surface area contributed by atoms with Crippen LogP contribution in [0.5, 0.6) is 0 Å². The summed E-state index contributed by atoms with van der Waals surface area (Å²) in [5, 5.41) is 3.48. The highest BCUT2D eigenvalue weighted by Crippen LogP contribution is 2.19. The van der Waals surface area contributed by atoms with Gasteiger partial charge in [0, 0.05) is 24.2 Å². The number of hydrogen-bond donors (Lipinski definition) is 2. The van der Waals surface area contributed by atoms with Gasteiger partial charge in [0.15, 0.2) is 0 Å². The van der Waals surface area contributed by atoms with Crippen molar-refractivity contribution in [1.82, 2.24) is 15.2 Å². The molecule has 6 nitrogen and oxygen atoms in total. The maximum atomic E-state index is 11.5. The molecule has 0 fully saturated rings. The standard InChI is InChI=1S/C13H24N4O2S/c1-13(2,3)19-12(18)16-7-10(14)11-15-6-9(20-11)8-17(4)5/h6,10H,7-8,14H2,1-5H3,(H,16,18). The molecule has 1 amide bonds. The maximum absolute atomic E-state index is 11.5. The van der Waals surface area contributed by atoms with Crippen LogP contribution in [0.4, 0.5) is 4.79 Å². The van der Waals surface area contributed by atoms with Gasteiger partial charge in [0.2, 0.25) is 0 Å². The Balaban J connectivity index is 2.44. The minimum atomic E-state index is -0.506. The molecule has 1 aromatic rings. The van der Waals surface area contributed by atoms with Gasteiger partial charge in [0.25, 0.3) is 0 Å². The highest BCUT2D eigenvalue weighted by atomic mass is 32.1. The molecule has 20 heavy (non-hydrogen) atoms. The quantitative estimate of drug-likeness (QED) is 0.865. The van der Waals surface area contributed by atoms with Gasteiger partial charge in [-0.1, -0.05) is 0 Å². The Labute approximate surface area is 124 Å². The molecule has 0 bridgehead atoms. The fraction of sp³-hybridized carbons (Fsp3) is 0.692. The van der Waals surface area contributed by atoms with Crippen molar-refractivity contribution < 1.29 is 9.53 Å². The van der Waals surface area contributed by atoms with Crippen LogP contribution in [0.15, 0.2) is 6.20 Å². The first-order valence-electron chi connectivity index (χ1n) is 6.49. The van der Waals surface area contributed by atoms with Crippen molar-refractivity contribution in [3.63, 3.8) is 0 Å². The van der Waals surface area contributed by atoms with Crippen LogP contribution in [0.25, 0.3) is 0 Å². The van der Waals surface area contributed by atoms with E-state index in [4.69, 9.17) is 10.5 Å². The Hall–Kier alpha value is -1.18. The Kier molecular flexibility index (Phi) is 5.91. The summed E-state index contributed by atoms with van der Waals surface area (Å²) in [7, 11) is 4.01. The molecule has 1 rings (SSSR count). The number of nitrogens with two attached hydrogens (primary N) is 1. The lowest BCUT2D eigenvalue weighted by Gasteiger charge is -2.20. The van der Waals surface area contributed by atoms with Crippen LogP contribution in [0.3, 0.4) is 0 Å². The number of rotatable bonds is 5. The van der Waals surface area contributed by atoms with E-state index in [1.165, 1.54) is 0 Å². The van der Waals surface area contributed by atoms with E-state index in [1.807, 2.05) is 41.1 Å². The van der Waals surface area contributed by atoms with Crippen molar-refractivity contribution in [3.05, 3.63) is 16.1 Å². The molecule has 0 aliphatic carbocycles. The number of nitrogens with one attached hydrogen (secondary N) is 1. The van der Waals surface area contributed by atoms with Gasteiger partial charge in [-0.3, -0.25) is 0 Å². The van der Waals surface area contributed by atoms with E-state index < -0.39 is 11.7 Å². The zero-order valence-electron chi connectivity index (χ0n) is 12.8. The average molecular weight is 300 g/mol. The van der Waals surface area contributed by atoms with E-state index in [0.717, 1.165) is 16.4 Å². The van der Waals surface area contributed by atoms with Gasteiger partial charge in [-0.05, 0) is 34.9 Å². The summed E-state index contributed by atoms with van der Waals surface area (Å²) < 4.78 is 5.15. The van der Waals surface area contributed by atoms with Crippen LogP contribution in [-0.4, -0.2) is 42.2 Å². The van der Waals surface area contributed by atoms with Gasteiger partial charge in [0.1, 0.15) is 10.6 Å². The molecular weight excluding hydrogens is 276 g/mol. The number of nitrogens with zero attached hydrogens (tertiary/aromatic N) is 2. The normalized spacial score (nSPS) is 13.3. The molecule has 3 N–H and O–H groups in total. The fourth-order valence-corrected chi connectivity index (χ4v) is 2.51. The largest absolute Gasteiger partial charge is 0.444 e. The van der Waals surface area contributed by atoms with Crippen LogP contribution in [0, 0.1) is 0 Å². The minimum Gasteiger partial charge on any atom is -0.444 e. The van der Waals surface area contributed by atoms with Gasteiger partial charge >= 0.3 is 6.09 Å². The van der Waals surface area contributed by atoms with Gasteiger partial charge in [-0.15, -0.1) is 11.3 Å². The smallest absolute Gasteiger partial charge is 0.407 e. The monoisotopic (exact) mass is 300 g/mol. The molecule has 1 aromatic heterocycles. The van der Waals surface area contributed by atoms with Gasteiger partial charge in [-0.2, -0.15) is 0 Å². The molecule has 0 radical (unpaired) electrons. The third-order valence-corrected chi connectivity index (χ3v) is 3.34. The van der Waals surface area contributed by atoms with Crippen molar-refractivity contribution in [2.24, 2.45) is 5.73 Å². The molecule has 114 valence electrons. The number of ether oxygens (including phenoxy) is 1. The number of alkyl carbamates (subject to hydrolysis) is 1. The molecule has 0 aliphatic heterocycles. The van der Waals surface area contributed by atoms with Crippen LogP contribution in [0.1, 0.15) is 36.7 Å². The molecule has 7 heteroatoms. The summed E-state index contributed by atoms with van der Waals surface area (Å²) in [5.41, 5.74) is 5.51. The first-order chi connectivity index (χ1) is 9.17. The predicted molar refractivity (Wildman–Crippen MR) is 80.7 cm³/mol. The van der Waals surface area contributed by atoms with Crippen LogP contribution < -0.4 is 11.1 Å². The van der Waals surface area contributed by atoms with Gasteiger partial charge in [-0.25, -0.2) is 9.78 Å². The highest BCUT2D eigenvalue weighted by molar-refractivity contribution is 7.11. The first kappa shape index (κ1) is 16.9. The summed E-state index contributed by atoms with van der Waals surface area (Å²) in [4.78, 5) is 19.1. The third-order valence-electron chi connectivity index (χ3n) is 2.23. The van der Waals surface area contributed by atoms with Crippen molar-refractivity contribution in [2.75, 3.05) is 20.6 Å². The fourth-order valence-electron chi connectivity index (χ4n) is 1.47. The van der Waals surface area contributed by atoms with Crippen LogP contribution >= 0.6 is 11.3 Å². The molecule has 0 saturated carbocycles. The van der Waals surface area contributed by atoms with Gasteiger partial charge in [0.05, 0.1) is 6.04 Å². The maximum Gasteiger partial charge on any atom is 0.407 e. The van der Waals surface area contributed by atoms with E-state index in [0.29, 0.717) is 6.54 Å². The van der Waals surface area contributed by atoms with E-state index in [9.17, 15) is 4.79 Å². The second-order valence-corrected chi connectivity index (χ2v) is 7.04. The lowest BCUT2D eigenvalue weighted by molar-refractivity contribution is 0.0524. The summed E-state index contributed by atoms with van der Waals surface area (Å²) in [6.07, 6.45) is 1.37. The Morgan fingerprint density at radius 1 is 1.55 bits per heavy atom. The van der Waals surface area contributed by atoms with Crippen molar-refractivity contribution >= 4 is 17.4 Å². The molecule has 1 atom stereocenters.